The second kappa shape index (κ2) is 13.6. The van der Waals surface area contributed by atoms with Gasteiger partial charge in [-0.25, -0.2) is 14.4 Å². The highest BCUT2D eigenvalue weighted by molar-refractivity contribution is 5.93. The Bertz CT molecular complexity index is 1190. The van der Waals surface area contributed by atoms with Crippen LogP contribution in [0.25, 0.3) is 0 Å². The second-order valence-corrected chi connectivity index (χ2v) is 11.3. The number of rotatable bonds is 8. The lowest BCUT2D eigenvalue weighted by Gasteiger charge is -2.36. The zero-order valence-electron chi connectivity index (χ0n) is 23.7. The van der Waals surface area contributed by atoms with E-state index < -0.39 is 12.5 Å². The Morgan fingerprint density at radius 2 is 1.86 bits per heavy atom. The average molecular weight is 595 g/mol. The number of carbonyl (C=O) groups is 1. The third-order valence-corrected chi connectivity index (χ3v) is 8.45. The first-order valence-corrected chi connectivity index (χ1v) is 14.7. The first-order chi connectivity index (χ1) is 20.2. The Kier molecular flexibility index (Phi) is 9.95. The van der Waals surface area contributed by atoms with Crippen molar-refractivity contribution in [2.45, 2.75) is 95.1 Å². The number of aryl methyl sites for hydroxylation is 1. The first kappa shape index (κ1) is 30.6. The zero-order chi connectivity index (χ0) is 29.7. The van der Waals surface area contributed by atoms with Crippen LogP contribution in [0.4, 0.5) is 17.6 Å². The van der Waals surface area contributed by atoms with Gasteiger partial charge in [0.2, 0.25) is 0 Å². The van der Waals surface area contributed by atoms with E-state index in [0.29, 0.717) is 44.7 Å². The molecule has 3 aliphatic rings. The standard InChI is InChI=1S/C30H38F4N4O4/c1-19-25(10-9-22-3-2-4-27(41-22)20-5-7-23(8-6-20)42-30(32,33)34)35-18-36-28(19)29(39)38-14-11-21(12-15-38)37-26-13-16-40-17-24(26)31/h5-8,18,21-22,24,26-27,37H,2-4,9-17H2,1H3/t22-,24?,26?,27+/m1/s1. The minimum atomic E-state index is -4.72. The van der Waals surface area contributed by atoms with E-state index >= 15 is 0 Å². The van der Waals surface area contributed by atoms with E-state index in [2.05, 4.69) is 20.0 Å². The molecule has 0 spiro atoms. The zero-order valence-corrected chi connectivity index (χ0v) is 23.7. The van der Waals surface area contributed by atoms with E-state index in [1.165, 1.54) is 18.5 Å². The summed E-state index contributed by atoms with van der Waals surface area (Å²) in [7, 11) is 0. The number of amides is 1. The SMILES string of the molecule is Cc1c(CC[C@H]2CCC[C@@H](c3ccc(OC(F)(F)F)cc3)O2)ncnc1C(=O)N1CCC(NC2CCOCC2F)CC1. The number of halogens is 4. The van der Waals surface area contributed by atoms with Crippen LogP contribution in [0.5, 0.6) is 5.75 Å². The predicted molar refractivity (Wildman–Crippen MR) is 146 cm³/mol. The number of alkyl halides is 4. The topological polar surface area (TPSA) is 85.8 Å². The van der Waals surface area contributed by atoms with Gasteiger partial charge in [-0.05, 0) is 76.0 Å². The normalized spacial score (nSPS) is 25.8. The van der Waals surface area contributed by atoms with Gasteiger partial charge in [-0.1, -0.05) is 12.1 Å². The molecule has 0 bridgehead atoms. The molecule has 0 saturated carbocycles. The summed E-state index contributed by atoms with van der Waals surface area (Å²) in [6.45, 7) is 3.73. The van der Waals surface area contributed by atoms with Crippen LogP contribution in [0, 0.1) is 6.92 Å². The van der Waals surface area contributed by atoms with E-state index in [9.17, 15) is 22.4 Å². The van der Waals surface area contributed by atoms with Crippen LogP contribution in [0.15, 0.2) is 30.6 Å². The molecule has 4 heterocycles. The molecule has 1 aromatic carbocycles. The Morgan fingerprint density at radius 3 is 2.57 bits per heavy atom. The van der Waals surface area contributed by atoms with Crippen molar-refractivity contribution in [1.29, 1.82) is 0 Å². The van der Waals surface area contributed by atoms with Crippen molar-refractivity contribution >= 4 is 5.91 Å². The molecule has 1 aromatic heterocycles. The van der Waals surface area contributed by atoms with Crippen molar-refractivity contribution in [3.05, 3.63) is 53.1 Å². The molecule has 12 heteroatoms. The van der Waals surface area contributed by atoms with Crippen molar-refractivity contribution in [2.75, 3.05) is 26.3 Å². The third-order valence-electron chi connectivity index (χ3n) is 8.45. The fraction of sp³-hybridized carbons (Fsp3) is 0.633. The number of nitrogens with zero attached hydrogens (tertiary/aromatic N) is 3. The predicted octanol–water partition coefficient (Wildman–Crippen LogP) is 5.25. The molecule has 3 saturated heterocycles. The van der Waals surface area contributed by atoms with Crippen LogP contribution in [-0.4, -0.2) is 77.8 Å². The fourth-order valence-corrected chi connectivity index (χ4v) is 6.09. The van der Waals surface area contributed by atoms with Gasteiger partial charge in [0.05, 0.1) is 18.8 Å². The summed E-state index contributed by atoms with van der Waals surface area (Å²) in [4.78, 5) is 24.0. The van der Waals surface area contributed by atoms with E-state index in [0.717, 1.165) is 48.9 Å². The molecule has 8 nitrogen and oxygen atoms in total. The summed E-state index contributed by atoms with van der Waals surface area (Å²) < 4.78 is 67.0. The van der Waals surface area contributed by atoms with Gasteiger partial charge in [0.1, 0.15) is 23.9 Å². The summed E-state index contributed by atoms with van der Waals surface area (Å²) in [5, 5.41) is 3.42. The van der Waals surface area contributed by atoms with Crippen molar-refractivity contribution in [3.8, 4) is 5.75 Å². The average Bonchev–Trinajstić information content (AvgIpc) is 2.98. The molecule has 1 amide bonds. The van der Waals surface area contributed by atoms with Crippen LogP contribution in [0.3, 0.4) is 0 Å². The van der Waals surface area contributed by atoms with Gasteiger partial charge in [0.25, 0.3) is 5.91 Å². The van der Waals surface area contributed by atoms with Crippen molar-refractivity contribution < 1.29 is 36.6 Å². The molecule has 2 aromatic rings. The highest BCUT2D eigenvalue weighted by Crippen LogP contribution is 2.34. The van der Waals surface area contributed by atoms with Gasteiger partial charge >= 0.3 is 6.36 Å². The maximum atomic E-state index is 14.1. The van der Waals surface area contributed by atoms with Crippen LogP contribution in [0.2, 0.25) is 0 Å². The minimum Gasteiger partial charge on any atom is -0.406 e. The molecule has 2 unspecified atom stereocenters. The summed E-state index contributed by atoms with van der Waals surface area (Å²) in [6, 6.07) is 5.82. The van der Waals surface area contributed by atoms with E-state index in [-0.39, 0.29) is 42.6 Å². The van der Waals surface area contributed by atoms with E-state index in [1.807, 2.05) is 11.8 Å². The summed E-state index contributed by atoms with van der Waals surface area (Å²) in [6.07, 6.45) is 1.57. The number of piperidine rings is 1. The number of likely N-dealkylation sites (tertiary alicyclic amines) is 1. The molecule has 42 heavy (non-hydrogen) atoms. The Hall–Kier alpha value is -2.83. The van der Waals surface area contributed by atoms with Crippen LogP contribution in [0.1, 0.15) is 78.4 Å². The quantitative estimate of drug-likeness (QED) is 0.418. The Morgan fingerprint density at radius 1 is 1.10 bits per heavy atom. The van der Waals surface area contributed by atoms with Gasteiger partial charge in [0, 0.05) is 43.0 Å². The molecule has 1 N–H and O–H groups in total. The molecule has 0 aliphatic carbocycles. The van der Waals surface area contributed by atoms with Gasteiger partial charge in [-0.3, -0.25) is 4.79 Å². The highest BCUT2D eigenvalue weighted by atomic mass is 19.4. The number of carbonyl (C=O) groups excluding carboxylic acids is 1. The number of nitrogens with one attached hydrogen (secondary N) is 1. The lowest BCUT2D eigenvalue weighted by Crippen LogP contribution is -2.52. The number of aromatic nitrogens is 2. The second-order valence-electron chi connectivity index (χ2n) is 11.3. The fourth-order valence-electron chi connectivity index (χ4n) is 6.09. The van der Waals surface area contributed by atoms with Crippen LogP contribution in [-0.2, 0) is 15.9 Å². The molecule has 230 valence electrons. The lowest BCUT2D eigenvalue weighted by molar-refractivity contribution is -0.274. The molecule has 0 radical (unpaired) electrons. The van der Waals surface area contributed by atoms with Gasteiger partial charge in [-0.2, -0.15) is 0 Å². The number of hydrogen-bond acceptors (Lipinski definition) is 7. The van der Waals surface area contributed by atoms with Gasteiger partial charge in [0.15, 0.2) is 0 Å². The molecule has 3 fully saturated rings. The molecular weight excluding hydrogens is 556 g/mol. The third kappa shape index (κ3) is 7.96. The molecule has 5 rings (SSSR count). The first-order valence-electron chi connectivity index (χ1n) is 14.7. The van der Waals surface area contributed by atoms with Crippen molar-refractivity contribution in [2.24, 2.45) is 0 Å². The number of hydrogen-bond donors (Lipinski definition) is 1. The molecular formula is C30H38F4N4O4. The van der Waals surface area contributed by atoms with E-state index in [4.69, 9.17) is 9.47 Å². The van der Waals surface area contributed by atoms with Gasteiger partial charge < -0.3 is 24.4 Å². The van der Waals surface area contributed by atoms with Crippen molar-refractivity contribution in [1.82, 2.24) is 20.2 Å². The maximum absolute atomic E-state index is 14.1. The van der Waals surface area contributed by atoms with Crippen LogP contribution >= 0.6 is 0 Å². The number of benzene rings is 1. The van der Waals surface area contributed by atoms with E-state index in [1.54, 1.807) is 12.1 Å². The van der Waals surface area contributed by atoms with Crippen LogP contribution < -0.4 is 10.1 Å². The maximum Gasteiger partial charge on any atom is 0.573 e. The monoisotopic (exact) mass is 594 g/mol. The smallest absolute Gasteiger partial charge is 0.406 e. The Balaban J connectivity index is 1.12. The Labute approximate surface area is 243 Å². The van der Waals surface area contributed by atoms with Gasteiger partial charge in [-0.15, -0.1) is 13.2 Å². The highest BCUT2D eigenvalue weighted by Gasteiger charge is 2.32. The lowest BCUT2D eigenvalue weighted by atomic mass is 9.95. The largest absolute Gasteiger partial charge is 0.573 e. The summed E-state index contributed by atoms with van der Waals surface area (Å²) in [5.41, 5.74) is 2.79. The summed E-state index contributed by atoms with van der Waals surface area (Å²) in [5.74, 6) is -0.370. The molecule has 4 atom stereocenters. The van der Waals surface area contributed by atoms with Crippen molar-refractivity contribution in [3.63, 3.8) is 0 Å². The minimum absolute atomic E-state index is 0.0328. The number of ether oxygens (including phenoxy) is 3. The molecule has 3 aliphatic heterocycles. The summed E-state index contributed by atoms with van der Waals surface area (Å²) >= 11 is 0.